The van der Waals surface area contributed by atoms with Crippen molar-refractivity contribution in [2.75, 3.05) is 7.11 Å². The molecule has 0 saturated heterocycles. The first-order valence-electron chi connectivity index (χ1n) is 7.26. The molecular formula is C16H20ClNO2. The zero-order valence-corrected chi connectivity index (χ0v) is 12.5. The maximum atomic E-state index is 12.4. The number of hydrogen-bond acceptors (Lipinski definition) is 3. The number of carbonyl (C=O) groups excluding carboxylic acids is 1. The van der Waals surface area contributed by atoms with E-state index in [0.717, 1.165) is 23.4 Å². The minimum Gasteiger partial charge on any atom is -0.468 e. The van der Waals surface area contributed by atoms with Crippen LogP contribution in [0.1, 0.15) is 36.8 Å². The second kappa shape index (κ2) is 5.38. The molecule has 1 atom stereocenters. The van der Waals surface area contributed by atoms with Gasteiger partial charge in [-0.1, -0.05) is 30.5 Å². The molecule has 1 saturated carbocycles. The number of carbonyl (C=O) groups is 1. The van der Waals surface area contributed by atoms with Crippen molar-refractivity contribution in [3.63, 3.8) is 0 Å². The van der Waals surface area contributed by atoms with E-state index in [-0.39, 0.29) is 5.97 Å². The Bertz CT molecular complexity index is 525. The monoisotopic (exact) mass is 293 g/mol. The van der Waals surface area contributed by atoms with Crippen LogP contribution in [0.2, 0.25) is 5.02 Å². The molecule has 1 aromatic rings. The van der Waals surface area contributed by atoms with E-state index in [0.29, 0.717) is 18.9 Å². The van der Waals surface area contributed by atoms with Crippen molar-refractivity contribution in [2.45, 2.75) is 50.1 Å². The van der Waals surface area contributed by atoms with Crippen molar-refractivity contribution in [1.29, 1.82) is 0 Å². The van der Waals surface area contributed by atoms with E-state index in [4.69, 9.17) is 16.3 Å². The average molecular weight is 294 g/mol. The van der Waals surface area contributed by atoms with E-state index in [1.54, 1.807) is 0 Å². The Morgan fingerprint density at radius 1 is 1.30 bits per heavy atom. The van der Waals surface area contributed by atoms with Crippen LogP contribution in [0, 0.1) is 0 Å². The lowest BCUT2D eigenvalue weighted by Crippen LogP contribution is -2.56. The molecule has 1 N–H and O–H groups in total. The Morgan fingerprint density at radius 3 is 2.70 bits per heavy atom. The molecule has 1 aromatic carbocycles. The van der Waals surface area contributed by atoms with Crippen molar-refractivity contribution in [2.24, 2.45) is 0 Å². The van der Waals surface area contributed by atoms with E-state index in [9.17, 15) is 4.79 Å². The lowest BCUT2D eigenvalue weighted by Gasteiger charge is -2.30. The maximum Gasteiger partial charge on any atom is 0.326 e. The van der Waals surface area contributed by atoms with E-state index in [1.807, 2.05) is 18.2 Å². The van der Waals surface area contributed by atoms with Crippen LogP contribution in [-0.2, 0) is 22.4 Å². The lowest BCUT2D eigenvalue weighted by atomic mass is 9.94. The number of ether oxygens (including phenoxy) is 1. The van der Waals surface area contributed by atoms with Crippen LogP contribution in [0.5, 0.6) is 0 Å². The Balaban J connectivity index is 1.87. The van der Waals surface area contributed by atoms with Gasteiger partial charge in [-0.15, -0.1) is 0 Å². The van der Waals surface area contributed by atoms with Crippen LogP contribution in [0.4, 0.5) is 0 Å². The van der Waals surface area contributed by atoms with Crippen LogP contribution in [0.3, 0.4) is 0 Å². The molecule has 3 nitrogen and oxygen atoms in total. The van der Waals surface area contributed by atoms with Gasteiger partial charge in [0.2, 0.25) is 0 Å². The maximum absolute atomic E-state index is 12.4. The van der Waals surface area contributed by atoms with Crippen LogP contribution < -0.4 is 5.32 Å². The summed E-state index contributed by atoms with van der Waals surface area (Å²) < 4.78 is 5.07. The van der Waals surface area contributed by atoms with E-state index >= 15 is 0 Å². The number of halogens is 1. The van der Waals surface area contributed by atoms with Crippen molar-refractivity contribution in [1.82, 2.24) is 5.32 Å². The SMILES string of the molecule is COC(=O)C1(NC2CCCC2)Cc2ccc(Cl)cc2C1. The highest BCUT2D eigenvalue weighted by atomic mass is 35.5. The molecule has 108 valence electrons. The first-order valence-corrected chi connectivity index (χ1v) is 7.64. The van der Waals surface area contributed by atoms with Crippen LogP contribution >= 0.6 is 11.6 Å². The highest BCUT2D eigenvalue weighted by Gasteiger charge is 2.46. The van der Waals surface area contributed by atoms with Crippen LogP contribution in [0.25, 0.3) is 0 Å². The van der Waals surface area contributed by atoms with Crippen molar-refractivity contribution < 1.29 is 9.53 Å². The summed E-state index contributed by atoms with van der Waals surface area (Å²) in [6.07, 6.45) is 6.15. The number of esters is 1. The van der Waals surface area contributed by atoms with Gasteiger partial charge in [0.05, 0.1) is 7.11 Å². The van der Waals surface area contributed by atoms with Gasteiger partial charge in [0.1, 0.15) is 5.54 Å². The minimum atomic E-state index is -0.600. The highest BCUT2D eigenvalue weighted by Crippen LogP contribution is 2.34. The predicted octanol–water partition coefficient (Wildman–Crippen LogP) is 2.88. The van der Waals surface area contributed by atoms with Gasteiger partial charge in [-0.3, -0.25) is 10.1 Å². The van der Waals surface area contributed by atoms with Gasteiger partial charge in [-0.05, 0) is 36.1 Å². The number of fused-ring (bicyclic) bond motifs is 1. The molecule has 3 rings (SSSR count). The van der Waals surface area contributed by atoms with E-state index < -0.39 is 5.54 Å². The molecule has 0 amide bonds. The molecule has 0 heterocycles. The van der Waals surface area contributed by atoms with Crippen LogP contribution in [-0.4, -0.2) is 24.7 Å². The molecule has 0 radical (unpaired) electrons. The van der Waals surface area contributed by atoms with Gasteiger partial charge in [0.25, 0.3) is 0 Å². The van der Waals surface area contributed by atoms with Crippen LogP contribution in [0.15, 0.2) is 18.2 Å². The second-order valence-corrected chi connectivity index (χ2v) is 6.40. The minimum absolute atomic E-state index is 0.156. The Morgan fingerprint density at radius 2 is 2.00 bits per heavy atom. The molecule has 1 fully saturated rings. The van der Waals surface area contributed by atoms with E-state index in [1.165, 1.54) is 25.5 Å². The molecule has 0 spiro atoms. The zero-order chi connectivity index (χ0) is 14.2. The number of hydrogen-bond donors (Lipinski definition) is 1. The summed E-state index contributed by atoms with van der Waals surface area (Å²) in [6, 6.07) is 6.32. The molecule has 0 bridgehead atoms. The van der Waals surface area contributed by atoms with Gasteiger partial charge < -0.3 is 4.74 Å². The summed E-state index contributed by atoms with van der Waals surface area (Å²) in [5, 5.41) is 4.32. The fraction of sp³-hybridized carbons (Fsp3) is 0.562. The largest absolute Gasteiger partial charge is 0.468 e. The smallest absolute Gasteiger partial charge is 0.326 e. The lowest BCUT2D eigenvalue weighted by molar-refractivity contribution is -0.148. The summed E-state index contributed by atoms with van der Waals surface area (Å²) in [5.41, 5.74) is 1.76. The average Bonchev–Trinajstić information content (AvgIpc) is 3.05. The predicted molar refractivity (Wildman–Crippen MR) is 79.0 cm³/mol. The molecule has 2 aliphatic carbocycles. The quantitative estimate of drug-likeness (QED) is 0.871. The second-order valence-electron chi connectivity index (χ2n) is 5.97. The van der Waals surface area contributed by atoms with E-state index in [2.05, 4.69) is 5.32 Å². The van der Waals surface area contributed by atoms with Gasteiger partial charge in [0, 0.05) is 23.9 Å². The normalized spacial score (nSPS) is 25.7. The molecule has 0 aromatic heterocycles. The highest BCUT2D eigenvalue weighted by molar-refractivity contribution is 6.30. The number of rotatable bonds is 3. The van der Waals surface area contributed by atoms with Gasteiger partial charge in [-0.25, -0.2) is 0 Å². The fourth-order valence-electron chi connectivity index (χ4n) is 3.61. The van der Waals surface area contributed by atoms with Crippen molar-refractivity contribution in [3.8, 4) is 0 Å². The molecular weight excluding hydrogens is 274 g/mol. The number of methoxy groups -OCH3 is 1. The molecule has 4 heteroatoms. The van der Waals surface area contributed by atoms with Gasteiger partial charge in [-0.2, -0.15) is 0 Å². The van der Waals surface area contributed by atoms with Gasteiger partial charge >= 0.3 is 5.97 Å². The Kier molecular flexibility index (Phi) is 3.74. The summed E-state index contributed by atoms with van der Waals surface area (Å²) in [5.74, 6) is -0.156. The first kappa shape index (κ1) is 13.9. The van der Waals surface area contributed by atoms with Crippen molar-refractivity contribution in [3.05, 3.63) is 34.3 Å². The third kappa shape index (κ3) is 2.45. The third-order valence-electron chi connectivity index (χ3n) is 4.56. The summed E-state index contributed by atoms with van der Waals surface area (Å²) >= 11 is 6.06. The van der Waals surface area contributed by atoms with Crippen molar-refractivity contribution >= 4 is 17.6 Å². The Labute approximate surface area is 124 Å². The molecule has 2 aliphatic rings. The molecule has 1 unspecified atom stereocenters. The topological polar surface area (TPSA) is 38.3 Å². The fourth-order valence-corrected chi connectivity index (χ4v) is 3.80. The summed E-state index contributed by atoms with van der Waals surface area (Å²) in [4.78, 5) is 12.4. The number of nitrogens with one attached hydrogen (secondary N) is 1. The summed E-state index contributed by atoms with van der Waals surface area (Å²) in [7, 11) is 1.47. The standard InChI is InChI=1S/C16H20ClNO2/c1-20-15(19)16(18-14-4-2-3-5-14)9-11-6-7-13(17)8-12(11)10-16/h6-8,14,18H,2-5,9-10H2,1H3. The molecule has 20 heavy (non-hydrogen) atoms. The van der Waals surface area contributed by atoms with Gasteiger partial charge in [0.15, 0.2) is 0 Å². The Hall–Kier alpha value is -1.06. The summed E-state index contributed by atoms with van der Waals surface area (Å²) in [6.45, 7) is 0. The molecule has 0 aliphatic heterocycles. The zero-order valence-electron chi connectivity index (χ0n) is 11.7. The number of benzene rings is 1. The first-order chi connectivity index (χ1) is 9.63. The third-order valence-corrected chi connectivity index (χ3v) is 4.80.